The third-order valence-electron chi connectivity index (χ3n) is 3.78. The molecule has 19 heavy (non-hydrogen) atoms. The van der Waals surface area contributed by atoms with Gasteiger partial charge in [0, 0.05) is 11.1 Å². The molecule has 2 rings (SSSR count). The number of sulfone groups is 1. The van der Waals surface area contributed by atoms with Crippen molar-refractivity contribution in [2.45, 2.75) is 49.1 Å². The maximum absolute atomic E-state index is 12.5. The molecule has 0 radical (unpaired) electrons. The third kappa shape index (κ3) is 3.71. The van der Waals surface area contributed by atoms with Gasteiger partial charge in [0.2, 0.25) is 0 Å². The van der Waals surface area contributed by atoms with Gasteiger partial charge in [0.1, 0.15) is 0 Å². The lowest BCUT2D eigenvalue weighted by atomic mass is 10.1. The van der Waals surface area contributed by atoms with Crippen molar-refractivity contribution in [2.24, 2.45) is 5.73 Å². The van der Waals surface area contributed by atoms with E-state index in [-0.39, 0.29) is 11.8 Å². The average molecular weight is 302 g/mol. The Balaban J connectivity index is 2.20. The van der Waals surface area contributed by atoms with Crippen LogP contribution in [0.2, 0.25) is 5.02 Å². The molecule has 2 unspecified atom stereocenters. The highest BCUT2D eigenvalue weighted by atomic mass is 35.5. The molecule has 5 heteroatoms. The van der Waals surface area contributed by atoms with Gasteiger partial charge in [-0.2, -0.15) is 0 Å². The molecular weight excluding hydrogens is 282 g/mol. The summed E-state index contributed by atoms with van der Waals surface area (Å²) in [6.07, 6.45) is 4.52. The molecule has 0 aliphatic heterocycles. The molecule has 0 amide bonds. The summed E-state index contributed by atoms with van der Waals surface area (Å²) in [7, 11) is -3.24. The van der Waals surface area contributed by atoms with Gasteiger partial charge in [-0.25, -0.2) is 8.42 Å². The highest BCUT2D eigenvalue weighted by Gasteiger charge is 2.32. The molecule has 1 aromatic rings. The predicted molar refractivity (Wildman–Crippen MR) is 78.9 cm³/mol. The van der Waals surface area contributed by atoms with E-state index in [9.17, 15) is 8.42 Å². The molecule has 3 nitrogen and oxygen atoms in total. The van der Waals surface area contributed by atoms with Crippen LogP contribution in [0.15, 0.2) is 24.3 Å². The second kappa shape index (κ2) is 6.25. The van der Waals surface area contributed by atoms with Crippen LogP contribution in [0.5, 0.6) is 0 Å². The van der Waals surface area contributed by atoms with E-state index in [1.807, 2.05) is 6.07 Å². The SMILES string of the molecule is NC1CCCCCC1S(=O)(=O)Cc1ccccc1Cl. The molecule has 1 aromatic carbocycles. The Labute approximate surface area is 120 Å². The first-order valence-corrected chi connectivity index (χ1v) is 8.80. The summed E-state index contributed by atoms with van der Waals surface area (Å²) in [5, 5.41) is 0.0829. The zero-order chi connectivity index (χ0) is 13.9. The fourth-order valence-electron chi connectivity index (χ4n) is 2.69. The number of hydrogen-bond acceptors (Lipinski definition) is 3. The first kappa shape index (κ1) is 14.8. The second-order valence-electron chi connectivity index (χ2n) is 5.24. The van der Waals surface area contributed by atoms with E-state index in [2.05, 4.69) is 0 Å². The average Bonchev–Trinajstić information content (AvgIpc) is 2.57. The number of rotatable bonds is 3. The minimum absolute atomic E-state index is 0.00889. The Morgan fingerprint density at radius 1 is 1.16 bits per heavy atom. The van der Waals surface area contributed by atoms with Crippen LogP contribution in [0.25, 0.3) is 0 Å². The van der Waals surface area contributed by atoms with Crippen molar-refractivity contribution in [2.75, 3.05) is 0 Å². The number of benzene rings is 1. The Kier molecular flexibility index (Phi) is 4.87. The van der Waals surface area contributed by atoms with Crippen molar-refractivity contribution in [3.8, 4) is 0 Å². The van der Waals surface area contributed by atoms with Gasteiger partial charge in [-0.05, 0) is 24.5 Å². The standard InChI is InChI=1S/C14H20ClNO2S/c15-12-7-5-4-6-11(12)10-19(17,18)14-9-3-1-2-8-13(14)16/h4-7,13-14H,1-3,8-10,16H2. The van der Waals surface area contributed by atoms with E-state index in [0.717, 1.165) is 25.7 Å². The van der Waals surface area contributed by atoms with Gasteiger partial charge < -0.3 is 5.73 Å². The molecule has 0 bridgehead atoms. The van der Waals surface area contributed by atoms with Gasteiger partial charge >= 0.3 is 0 Å². The lowest BCUT2D eigenvalue weighted by molar-refractivity contribution is 0.530. The van der Waals surface area contributed by atoms with Crippen LogP contribution < -0.4 is 5.73 Å². The van der Waals surface area contributed by atoms with Crippen LogP contribution in [0.3, 0.4) is 0 Å². The van der Waals surface area contributed by atoms with Crippen LogP contribution in [-0.2, 0) is 15.6 Å². The van der Waals surface area contributed by atoms with E-state index in [1.165, 1.54) is 0 Å². The van der Waals surface area contributed by atoms with Crippen LogP contribution in [0, 0.1) is 0 Å². The monoisotopic (exact) mass is 301 g/mol. The maximum atomic E-state index is 12.5. The lowest BCUT2D eigenvalue weighted by Crippen LogP contribution is -2.40. The number of halogens is 1. The second-order valence-corrected chi connectivity index (χ2v) is 7.87. The number of nitrogens with two attached hydrogens (primary N) is 1. The molecule has 0 heterocycles. The molecule has 1 aliphatic carbocycles. The first-order chi connectivity index (χ1) is 9.00. The van der Waals surface area contributed by atoms with Crippen molar-refractivity contribution in [1.29, 1.82) is 0 Å². The van der Waals surface area contributed by atoms with Gasteiger partial charge in [0.05, 0.1) is 11.0 Å². The molecule has 0 saturated heterocycles. The quantitative estimate of drug-likeness (QED) is 0.873. The summed E-state index contributed by atoms with van der Waals surface area (Å²) in [4.78, 5) is 0. The fourth-order valence-corrected chi connectivity index (χ4v) is 5.06. The normalized spacial score (nSPS) is 24.9. The minimum atomic E-state index is -3.24. The molecule has 2 N–H and O–H groups in total. The van der Waals surface area contributed by atoms with Crippen molar-refractivity contribution in [1.82, 2.24) is 0 Å². The van der Waals surface area contributed by atoms with Crippen molar-refractivity contribution < 1.29 is 8.42 Å². The number of hydrogen-bond donors (Lipinski definition) is 1. The fraction of sp³-hybridized carbons (Fsp3) is 0.571. The largest absolute Gasteiger partial charge is 0.327 e. The molecular formula is C14H20ClNO2S. The van der Waals surface area contributed by atoms with Gasteiger partial charge in [0.25, 0.3) is 0 Å². The van der Waals surface area contributed by atoms with Gasteiger partial charge in [-0.1, -0.05) is 49.1 Å². The molecule has 2 atom stereocenters. The van der Waals surface area contributed by atoms with E-state index in [1.54, 1.807) is 18.2 Å². The molecule has 0 aromatic heterocycles. The summed E-state index contributed by atoms with van der Waals surface area (Å²) in [5.41, 5.74) is 6.71. The molecule has 106 valence electrons. The Morgan fingerprint density at radius 3 is 2.58 bits per heavy atom. The van der Waals surface area contributed by atoms with E-state index >= 15 is 0 Å². The third-order valence-corrected chi connectivity index (χ3v) is 6.37. The van der Waals surface area contributed by atoms with Crippen molar-refractivity contribution in [3.05, 3.63) is 34.9 Å². The van der Waals surface area contributed by atoms with E-state index < -0.39 is 15.1 Å². The topological polar surface area (TPSA) is 60.2 Å². The molecule has 1 saturated carbocycles. The minimum Gasteiger partial charge on any atom is -0.327 e. The smallest absolute Gasteiger partial charge is 0.158 e. The van der Waals surface area contributed by atoms with Crippen LogP contribution in [-0.4, -0.2) is 19.7 Å². The predicted octanol–water partition coefficient (Wildman–Crippen LogP) is 2.91. The summed E-state index contributed by atoms with van der Waals surface area (Å²) in [6, 6.07) is 6.86. The van der Waals surface area contributed by atoms with Crippen molar-refractivity contribution >= 4 is 21.4 Å². The maximum Gasteiger partial charge on any atom is 0.158 e. The summed E-state index contributed by atoms with van der Waals surface area (Å²) in [5.74, 6) is -0.00889. The zero-order valence-electron chi connectivity index (χ0n) is 10.9. The molecule has 1 aliphatic rings. The summed E-state index contributed by atoms with van der Waals surface area (Å²) in [6.45, 7) is 0. The van der Waals surface area contributed by atoms with Gasteiger partial charge in [0.15, 0.2) is 9.84 Å². The highest BCUT2D eigenvalue weighted by Crippen LogP contribution is 2.26. The van der Waals surface area contributed by atoms with Gasteiger partial charge in [-0.15, -0.1) is 0 Å². The lowest BCUT2D eigenvalue weighted by Gasteiger charge is -2.21. The molecule has 1 fully saturated rings. The van der Waals surface area contributed by atoms with Crippen LogP contribution in [0.4, 0.5) is 0 Å². The Hall–Kier alpha value is -0.580. The van der Waals surface area contributed by atoms with Crippen LogP contribution >= 0.6 is 11.6 Å². The summed E-state index contributed by atoms with van der Waals surface area (Å²) < 4.78 is 25.1. The highest BCUT2D eigenvalue weighted by molar-refractivity contribution is 7.91. The van der Waals surface area contributed by atoms with Gasteiger partial charge in [-0.3, -0.25) is 0 Å². The zero-order valence-corrected chi connectivity index (χ0v) is 12.5. The van der Waals surface area contributed by atoms with Crippen LogP contribution in [0.1, 0.15) is 37.7 Å². The summed E-state index contributed by atoms with van der Waals surface area (Å²) >= 11 is 6.04. The van der Waals surface area contributed by atoms with Crippen molar-refractivity contribution in [3.63, 3.8) is 0 Å². The van der Waals surface area contributed by atoms with E-state index in [4.69, 9.17) is 17.3 Å². The Morgan fingerprint density at radius 2 is 1.84 bits per heavy atom. The molecule has 0 spiro atoms. The van der Waals surface area contributed by atoms with E-state index in [0.29, 0.717) is 17.0 Å². The Bertz CT molecular complexity index is 530. The first-order valence-electron chi connectivity index (χ1n) is 6.71.